The van der Waals surface area contributed by atoms with Gasteiger partial charge in [-0.15, -0.1) is 0 Å². The molecule has 1 nitrogen and oxygen atoms in total. The molecule has 0 spiro atoms. The van der Waals surface area contributed by atoms with Crippen molar-refractivity contribution in [3.8, 4) is 22.3 Å². The van der Waals surface area contributed by atoms with E-state index >= 15 is 0 Å². The van der Waals surface area contributed by atoms with Crippen molar-refractivity contribution in [2.24, 2.45) is 5.92 Å². The zero-order valence-corrected chi connectivity index (χ0v) is 20.5. The Morgan fingerprint density at radius 1 is 0.622 bits per heavy atom. The van der Waals surface area contributed by atoms with Crippen LogP contribution in [0.15, 0.2) is 131 Å². The number of hydrogen-bond donors (Lipinski definition) is 0. The summed E-state index contributed by atoms with van der Waals surface area (Å²) >= 11 is 0. The minimum absolute atomic E-state index is 0.414. The van der Waals surface area contributed by atoms with Crippen LogP contribution in [0.25, 0.3) is 49.8 Å². The fourth-order valence-electron chi connectivity index (χ4n) is 6.54. The van der Waals surface area contributed by atoms with E-state index in [2.05, 4.69) is 109 Å². The molecule has 0 fully saturated rings. The standard InChI is InChI=1S/C36H26O/c1-2-9-29-27(7-1)28-8-3-4-10-30(28)33-21-25(17-19-31(29)33)23-13-15-24(16-14-23)26-18-20-36-34(22-26)32-11-5-6-12-35(32)37-36/h1,3-8,10-22,28,30H,2,9H2. The van der Waals surface area contributed by atoms with Gasteiger partial charge >= 0.3 is 0 Å². The van der Waals surface area contributed by atoms with Crippen LogP contribution in [0.5, 0.6) is 0 Å². The normalized spacial score (nSPS) is 19.8. The number of benzene rings is 4. The molecule has 2 unspecified atom stereocenters. The predicted octanol–water partition coefficient (Wildman–Crippen LogP) is 9.86. The number of para-hydroxylation sites is 1. The molecular weight excluding hydrogens is 448 g/mol. The van der Waals surface area contributed by atoms with Gasteiger partial charge in [0, 0.05) is 22.6 Å². The molecule has 1 aromatic heterocycles. The third kappa shape index (κ3) is 3.24. The SMILES string of the molecule is C1=CC2C3=C(CCC=C3)c3ccc(-c4ccc(-c5ccc6oc7ccccc7c6c5)cc4)cc3C2C=C1. The third-order valence-corrected chi connectivity index (χ3v) is 8.36. The van der Waals surface area contributed by atoms with E-state index in [1.807, 2.05) is 12.1 Å². The summed E-state index contributed by atoms with van der Waals surface area (Å²) in [5, 5.41) is 2.34. The number of fused-ring (bicyclic) bond motifs is 8. The molecule has 3 aliphatic carbocycles. The number of allylic oxidation sites excluding steroid dienone is 8. The molecule has 8 rings (SSSR count). The molecule has 0 N–H and O–H groups in total. The summed E-state index contributed by atoms with van der Waals surface area (Å²) in [6.45, 7) is 0. The predicted molar refractivity (Wildman–Crippen MR) is 154 cm³/mol. The van der Waals surface area contributed by atoms with Crippen LogP contribution in [-0.2, 0) is 0 Å². The molecule has 37 heavy (non-hydrogen) atoms. The largest absolute Gasteiger partial charge is 0.456 e. The molecule has 176 valence electrons. The fourth-order valence-corrected chi connectivity index (χ4v) is 6.54. The molecule has 0 amide bonds. The molecule has 0 aliphatic heterocycles. The van der Waals surface area contributed by atoms with Crippen LogP contribution in [0.3, 0.4) is 0 Å². The van der Waals surface area contributed by atoms with E-state index in [0.717, 1.165) is 24.0 Å². The summed E-state index contributed by atoms with van der Waals surface area (Å²) in [6.07, 6.45) is 16.2. The molecule has 2 atom stereocenters. The van der Waals surface area contributed by atoms with Crippen LogP contribution in [0.2, 0.25) is 0 Å². The smallest absolute Gasteiger partial charge is 0.135 e. The molecule has 0 saturated heterocycles. The minimum atomic E-state index is 0.414. The highest BCUT2D eigenvalue weighted by atomic mass is 16.3. The second-order valence-electron chi connectivity index (χ2n) is 10.4. The first-order chi connectivity index (χ1) is 18.3. The maximum Gasteiger partial charge on any atom is 0.135 e. The lowest BCUT2D eigenvalue weighted by atomic mass is 9.67. The van der Waals surface area contributed by atoms with Gasteiger partial charge in [0.1, 0.15) is 11.2 Å². The van der Waals surface area contributed by atoms with Crippen LogP contribution in [-0.4, -0.2) is 0 Å². The maximum absolute atomic E-state index is 6.02. The van der Waals surface area contributed by atoms with E-state index in [9.17, 15) is 0 Å². The maximum atomic E-state index is 6.02. The summed E-state index contributed by atoms with van der Waals surface area (Å²) in [6, 6.07) is 30.9. The van der Waals surface area contributed by atoms with Gasteiger partial charge in [-0.2, -0.15) is 0 Å². The van der Waals surface area contributed by atoms with Crippen molar-refractivity contribution in [3.05, 3.63) is 138 Å². The van der Waals surface area contributed by atoms with Gasteiger partial charge in [0.15, 0.2) is 0 Å². The van der Waals surface area contributed by atoms with Crippen molar-refractivity contribution in [3.63, 3.8) is 0 Å². The fraction of sp³-hybridized carbons (Fsp3) is 0.111. The molecule has 1 heteroatoms. The van der Waals surface area contributed by atoms with Gasteiger partial charge in [0.25, 0.3) is 0 Å². The molecular formula is C36H26O. The Balaban J connectivity index is 1.17. The molecule has 1 heterocycles. The van der Waals surface area contributed by atoms with Gasteiger partial charge in [-0.05, 0) is 81.6 Å². The monoisotopic (exact) mass is 474 g/mol. The molecule has 0 saturated carbocycles. The quantitative estimate of drug-likeness (QED) is 0.248. The van der Waals surface area contributed by atoms with Crippen molar-refractivity contribution in [1.82, 2.24) is 0 Å². The molecule has 3 aliphatic rings. The van der Waals surface area contributed by atoms with Crippen LogP contribution in [0, 0.1) is 5.92 Å². The van der Waals surface area contributed by atoms with Gasteiger partial charge in [-0.1, -0.05) is 97.1 Å². The van der Waals surface area contributed by atoms with Gasteiger partial charge in [0.2, 0.25) is 0 Å². The Kier molecular flexibility index (Phi) is 4.54. The number of rotatable bonds is 2. The third-order valence-electron chi connectivity index (χ3n) is 8.36. The summed E-state index contributed by atoms with van der Waals surface area (Å²) in [5.41, 5.74) is 12.8. The van der Waals surface area contributed by atoms with Crippen molar-refractivity contribution < 1.29 is 4.42 Å². The second-order valence-corrected chi connectivity index (χ2v) is 10.4. The van der Waals surface area contributed by atoms with E-state index in [0.29, 0.717) is 11.8 Å². The zero-order chi connectivity index (χ0) is 24.3. The summed E-state index contributed by atoms with van der Waals surface area (Å²) in [4.78, 5) is 0. The van der Waals surface area contributed by atoms with Crippen molar-refractivity contribution in [1.29, 1.82) is 0 Å². The summed E-state index contributed by atoms with van der Waals surface area (Å²) in [7, 11) is 0. The molecule has 0 radical (unpaired) electrons. The average molecular weight is 475 g/mol. The Bertz CT molecular complexity index is 1820. The lowest BCUT2D eigenvalue weighted by Gasteiger charge is -2.36. The second kappa shape index (κ2) is 8.08. The average Bonchev–Trinajstić information content (AvgIpc) is 3.35. The van der Waals surface area contributed by atoms with Crippen LogP contribution < -0.4 is 0 Å². The minimum Gasteiger partial charge on any atom is -0.456 e. The van der Waals surface area contributed by atoms with Crippen molar-refractivity contribution in [2.45, 2.75) is 18.8 Å². The first-order valence-electron chi connectivity index (χ1n) is 13.2. The molecule has 0 bridgehead atoms. The number of furan rings is 1. The van der Waals surface area contributed by atoms with E-state index < -0.39 is 0 Å². The first kappa shape index (κ1) is 20.8. The molecule has 4 aromatic carbocycles. The van der Waals surface area contributed by atoms with E-state index in [4.69, 9.17) is 4.42 Å². The lowest BCUT2D eigenvalue weighted by Crippen LogP contribution is -2.21. The van der Waals surface area contributed by atoms with Gasteiger partial charge in [0.05, 0.1) is 0 Å². The highest BCUT2D eigenvalue weighted by Crippen LogP contribution is 2.49. The summed E-state index contributed by atoms with van der Waals surface area (Å²) < 4.78 is 6.02. The van der Waals surface area contributed by atoms with E-state index in [-0.39, 0.29) is 0 Å². The number of hydrogen-bond acceptors (Lipinski definition) is 1. The van der Waals surface area contributed by atoms with Gasteiger partial charge in [-0.25, -0.2) is 0 Å². The highest BCUT2D eigenvalue weighted by Gasteiger charge is 2.33. The van der Waals surface area contributed by atoms with Crippen molar-refractivity contribution in [2.75, 3.05) is 0 Å². The highest BCUT2D eigenvalue weighted by molar-refractivity contribution is 6.06. The molecule has 5 aromatic rings. The van der Waals surface area contributed by atoms with Crippen molar-refractivity contribution >= 4 is 27.5 Å². The Hall–Kier alpha value is -4.36. The van der Waals surface area contributed by atoms with Gasteiger partial charge in [-0.3, -0.25) is 0 Å². The van der Waals surface area contributed by atoms with Gasteiger partial charge < -0.3 is 4.42 Å². The van der Waals surface area contributed by atoms with Crippen LogP contribution in [0.4, 0.5) is 0 Å². The Labute approximate surface area is 216 Å². The zero-order valence-electron chi connectivity index (χ0n) is 20.5. The first-order valence-corrected chi connectivity index (χ1v) is 13.2. The van der Waals surface area contributed by atoms with Crippen LogP contribution in [0.1, 0.15) is 29.9 Å². The van der Waals surface area contributed by atoms with E-state index in [1.165, 1.54) is 49.7 Å². The lowest BCUT2D eigenvalue weighted by molar-refractivity contribution is 0.656. The van der Waals surface area contributed by atoms with Crippen LogP contribution >= 0.6 is 0 Å². The van der Waals surface area contributed by atoms with E-state index in [1.54, 1.807) is 5.57 Å². The topological polar surface area (TPSA) is 13.1 Å². The Morgan fingerprint density at radius 3 is 2.19 bits per heavy atom. The Morgan fingerprint density at radius 2 is 1.32 bits per heavy atom. The summed E-state index contributed by atoms with van der Waals surface area (Å²) in [5.74, 6) is 0.868.